The number of rotatable bonds is 9. The molecule has 1 aliphatic rings. The maximum Gasteiger partial charge on any atom is 0.333 e. The molecule has 1 aromatic carbocycles. The Morgan fingerprint density at radius 1 is 1.30 bits per heavy atom. The zero-order valence-electron chi connectivity index (χ0n) is 18.2. The fourth-order valence-corrected chi connectivity index (χ4v) is 3.62. The van der Waals surface area contributed by atoms with Crippen LogP contribution in [0.2, 0.25) is 0 Å². The van der Waals surface area contributed by atoms with Gasteiger partial charge in [-0.05, 0) is 38.0 Å². The molecule has 1 saturated heterocycles. The number of hydrogen-bond donors (Lipinski definition) is 3. The van der Waals surface area contributed by atoms with Crippen molar-refractivity contribution >= 4 is 5.91 Å². The molecule has 0 spiro atoms. The van der Waals surface area contributed by atoms with Crippen LogP contribution in [0.5, 0.6) is 0 Å². The summed E-state index contributed by atoms with van der Waals surface area (Å²) in [6, 6.07) is 5.24. The van der Waals surface area contributed by atoms with E-state index < -0.39 is 23.6 Å². The van der Waals surface area contributed by atoms with Crippen LogP contribution in [0, 0.1) is 24.1 Å². The lowest BCUT2D eigenvalue weighted by atomic mass is 10.1. The maximum absolute atomic E-state index is 13.4. The van der Waals surface area contributed by atoms with Crippen molar-refractivity contribution in [2.24, 2.45) is 0 Å². The molecule has 1 fully saturated rings. The molecule has 1 aliphatic heterocycles. The zero-order valence-corrected chi connectivity index (χ0v) is 18.2. The summed E-state index contributed by atoms with van der Waals surface area (Å²) in [7, 11) is 0. The second-order valence-corrected chi connectivity index (χ2v) is 7.74. The fraction of sp³-hybridized carbons (Fsp3) is 0.455. The van der Waals surface area contributed by atoms with E-state index in [1.165, 1.54) is 22.9 Å². The topological polar surface area (TPSA) is 138 Å². The third-order valence-corrected chi connectivity index (χ3v) is 5.41. The Hall–Kier alpha value is -3.33. The molecular formula is C22H26FN5O5. The van der Waals surface area contributed by atoms with Gasteiger partial charge < -0.3 is 20.5 Å². The number of halogens is 1. The van der Waals surface area contributed by atoms with Gasteiger partial charge >= 0.3 is 5.69 Å². The molecular weight excluding hydrogens is 433 g/mol. The van der Waals surface area contributed by atoms with Crippen molar-refractivity contribution in [3.63, 3.8) is 0 Å². The lowest BCUT2D eigenvalue weighted by molar-refractivity contribution is -0.0253. The Morgan fingerprint density at radius 3 is 2.79 bits per heavy atom. The number of aliphatic hydroxyl groups is 1. The van der Waals surface area contributed by atoms with Crippen molar-refractivity contribution in [2.45, 2.75) is 38.6 Å². The molecule has 0 saturated carbocycles. The van der Waals surface area contributed by atoms with Gasteiger partial charge in [0.15, 0.2) is 0 Å². The van der Waals surface area contributed by atoms with Crippen LogP contribution >= 0.6 is 0 Å². The SMILES string of the molecule is Cc1cn([C@H]2CC[C@@H](CO)O2)c(=O)n(CCNCCNC(=O)c2ccc(F)c(C#N)c2)c1=O. The van der Waals surface area contributed by atoms with Crippen molar-refractivity contribution < 1.29 is 19.0 Å². The van der Waals surface area contributed by atoms with E-state index >= 15 is 0 Å². The monoisotopic (exact) mass is 459 g/mol. The molecule has 0 aliphatic carbocycles. The van der Waals surface area contributed by atoms with Crippen LogP contribution in [0.25, 0.3) is 0 Å². The second kappa shape index (κ2) is 11.0. The number of aromatic nitrogens is 2. The molecule has 33 heavy (non-hydrogen) atoms. The van der Waals surface area contributed by atoms with Crippen LogP contribution in [0.4, 0.5) is 4.39 Å². The van der Waals surface area contributed by atoms with Gasteiger partial charge in [-0.2, -0.15) is 5.26 Å². The number of amides is 1. The standard InChI is InChI=1S/C22H26FN5O5/c1-14-12-28(19-5-3-17(13-29)33-19)22(32)27(21(14)31)9-8-25-6-7-26-20(30)15-2-4-18(23)16(10-15)11-24/h2,4,10,12,17,19,25,29H,3,5-9,13H2,1H3,(H,26,30)/t17-,19+/m0/s1. The summed E-state index contributed by atoms with van der Waals surface area (Å²) in [6.45, 7) is 2.58. The summed E-state index contributed by atoms with van der Waals surface area (Å²) in [4.78, 5) is 37.4. The second-order valence-electron chi connectivity index (χ2n) is 7.74. The van der Waals surface area contributed by atoms with Gasteiger partial charge in [-0.1, -0.05) is 0 Å². The minimum absolute atomic E-state index is 0.120. The zero-order chi connectivity index (χ0) is 24.0. The highest BCUT2D eigenvalue weighted by Crippen LogP contribution is 2.26. The molecule has 11 heteroatoms. The van der Waals surface area contributed by atoms with E-state index in [9.17, 15) is 23.9 Å². The minimum Gasteiger partial charge on any atom is -0.394 e. The normalized spacial score (nSPS) is 17.6. The van der Waals surface area contributed by atoms with Crippen LogP contribution in [-0.2, 0) is 11.3 Å². The van der Waals surface area contributed by atoms with Gasteiger partial charge in [0.2, 0.25) is 0 Å². The summed E-state index contributed by atoms with van der Waals surface area (Å²) in [5, 5.41) is 23.8. The van der Waals surface area contributed by atoms with Crippen molar-refractivity contribution in [1.82, 2.24) is 19.8 Å². The number of nitrogens with zero attached hydrogens (tertiary/aromatic N) is 3. The number of aliphatic hydroxyl groups excluding tert-OH is 1. The molecule has 2 atom stereocenters. The first-order valence-electron chi connectivity index (χ1n) is 10.6. The molecule has 2 aromatic rings. The third-order valence-electron chi connectivity index (χ3n) is 5.41. The van der Waals surface area contributed by atoms with E-state index in [2.05, 4.69) is 10.6 Å². The Balaban J connectivity index is 1.52. The highest BCUT2D eigenvalue weighted by atomic mass is 19.1. The Labute approximate surface area is 189 Å². The quantitative estimate of drug-likeness (QED) is 0.449. The lowest BCUT2D eigenvalue weighted by Crippen LogP contribution is -2.44. The summed E-state index contributed by atoms with van der Waals surface area (Å²) in [5.41, 5.74) is -0.474. The Bertz CT molecular complexity index is 1170. The summed E-state index contributed by atoms with van der Waals surface area (Å²) in [5.74, 6) is -1.13. The van der Waals surface area contributed by atoms with Crippen LogP contribution in [0.3, 0.4) is 0 Å². The summed E-state index contributed by atoms with van der Waals surface area (Å²) < 4.78 is 21.6. The molecule has 3 N–H and O–H groups in total. The van der Waals surface area contributed by atoms with E-state index in [1.54, 1.807) is 13.0 Å². The van der Waals surface area contributed by atoms with Crippen LogP contribution < -0.4 is 21.9 Å². The number of aryl methyl sites for hydroxylation is 1. The van der Waals surface area contributed by atoms with E-state index in [1.807, 2.05) is 0 Å². The van der Waals surface area contributed by atoms with Crippen LogP contribution in [0.15, 0.2) is 34.0 Å². The molecule has 3 rings (SSSR count). The highest BCUT2D eigenvalue weighted by Gasteiger charge is 2.27. The van der Waals surface area contributed by atoms with Crippen molar-refractivity contribution in [3.05, 3.63) is 67.7 Å². The Morgan fingerprint density at radius 2 is 2.09 bits per heavy atom. The smallest absolute Gasteiger partial charge is 0.333 e. The molecule has 0 radical (unpaired) electrons. The van der Waals surface area contributed by atoms with Gasteiger partial charge in [-0.25, -0.2) is 9.18 Å². The largest absolute Gasteiger partial charge is 0.394 e. The number of carbonyl (C=O) groups is 1. The number of nitrogens with one attached hydrogen (secondary N) is 2. The molecule has 0 unspecified atom stereocenters. The maximum atomic E-state index is 13.4. The van der Waals surface area contributed by atoms with Crippen LogP contribution in [0.1, 0.15) is 40.6 Å². The van der Waals surface area contributed by atoms with Crippen molar-refractivity contribution in [1.29, 1.82) is 5.26 Å². The van der Waals surface area contributed by atoms with E-state index in [4.69, 9.17) is 10.00 Å². The lowest BCUT2D eigenvalue weighted by Gasteiger charge is -2.18. The van der Waals surface area contributed by atoms with Gasteiger partial charge in [0.1, 0.15) is 18.1 Å². The highest BCUT2D eigenvalue weighted by molar-refractivity contribution is 5.94. The van der Waals surface area contributed by atoms with E-state index in [0.29, 0.717) is 31.5 Å². The first kappa shape index (κ1) is 24.3. The van der Waals surface area contributed by atoms with Crippen molar-refractivity contribution in [2.75, 3.05) is 26.2 Å². The molecule has 1 amide bonds. The van der Waals surface area contributed by atoms with Gasteiger partial charge in [0.05, 0.1) is 18.3 Å². The predicted octanol–water partition coefficient (Wildman–Crippen LogP) is 0.0187. The number of ether oxygens (including phenoxy) is 1. The number of benzene rings is 1. The first-order valence-corrected chi connectivity index (χ1v) is 10.6. The Kier molecular flexibility index (Phi) is 8.11. The number of hydrogen-bond acceptors (Lipinski definition) is 7. The first-order chi connectivity index (χ1) is 15.8. The predicted molar refractivity (Wildman–Crippen MR) is 116 cm³/mol. The van der Waals surface area contributed by atoms with Gasteiger partial charge in [0.25, 0.3) is 11.5 Å². The number of nitriles is 1. The van der Waals surface area contributed by atoms with E-state index in [0.717, 1.165) is 10.6 Å². The third kappa shape index (κ3) is 5.73. The minimum atomic E-state index is -0.686. The fourth-order valence-electron chi connectivity index (χ4n) is 3.62. The average Bonchev–Trinajstić information content (AvgIpc) is 3.29. The van der Waals surface area contributed by atoms with Crippen molar-refractivity contribution in [3.8, 4) is 6.07 Å². The van der Waals surface area contributed by atoms with Gasteiger partial charge in [0, 0.05) is 43.5 Å². The molecule has 10 nitrogen and oxygen atoms in total. The van der Waals surface area contributed by atoms with E-state index in [-0.39, 0.29) is 42.5 Å². The van der Waals surface area contributed by atoms with Crippen LogP contribution in [-0.4, -0.2) is 52.5 Å². The number of carbonyl (C=O) groups excluding carboxylic acids is 1. The molecule has 1 aromatic heterocycles. The summed E-state index contributed by atoms with van der Waals surface area (Å²) in [6.07, 6.45) is 1.86. The molecule has 0 bridgehead atoms. The average molecular weight is 459 g/mol. The van der Waals surface area contributed by atoms with Gasteiger partial charge in [-0.3, -0.25) is 18.7 Å². The van der Waals surface area contributed by atoms with Gasteiger partial charge in [-0.15, -0.1) is 0 Å². The molecule has 2 heterocycles. The summed E-state index contributed by atoms with van der Waals surface area (Å²) >= 11 is 0. The molecule has 176 valence electrons.